The third-order valence-electron chi connectivity index (χ3n) is 3.32. The van der Waals surface area contributed by atoms with Crippen LogP contribution in [-0.4, -0.2) is 41.1 Å². The van der Waals surface area contributed by atoms with Gasteiger partial charge < -0.3 is 9.80 Å². The normalized spacial score (nSPS) is 15.6. The van der Waals surface area contributed by atoms with Crippen LogP contribution in [0.15, 0.2) is 36.7 Å². The Morgan fingerprint density at radius 2 is 1.68 bits per heavy atom. The highest BCUT2D eigenvalue weighted by Crippen LogP contribution is 2.15. The third kappa shape index (κ3) is 2.65. The Balaban J connectivity index is 1.67. The molecule has 1 fully saturated rings. The Hall–Kier alpha value is -2.17. The van der Waals surface area contributed by atoms with Gasteiger partial charge in [-0.2, -0.15) is 0 Å². The number of piperazine rings is 1. The molecule has 0 bridgehead atoms. The predicted octanol–water partition coefficient (Wildman–Crippen LogP) is 1.51. The molecule has 2 aromatic heterocycles. The van der Waals surface area contributed by atoms with E-state index in [9.17, 15) is 0 Å². The van der Waals surface area contributed by atoms with Gasteiger partial charge in [-0.25, -0.2) is 15.0 Å². The number of aromatic nitrogens is 3. The second-order valence-electron chi connectivity index (χ2n) is 4.66. The zero-order chi connectivity index (χ0) is 13.1. The Labute approximate surface area is 112 Å². The number of rotatable bonds is 2. The van der Waals surface area contributed by atoms with E-state index in [4.69, 9.17) is 0 Å². The van der Waals surface area contributed by atoms with Crippen molar-refractivity contribution >= 4 is 11.8 Å². The van der Waals surface area contributed by atoms with Crippen molar-refractivity contribution in [2.75, 3.05) is 36.0 Å². The molecule has 1 aliphatic heterocycles. The molecule has 3 rings (SSSR count). The minimum absolute atomic E-state index is 0.834. The van der Waals surface area contributed by atoms with Gasteiger partial charge in [0.2, 0.25) is 5.95 Å². The van der Waals surface area contributed by atoms with Crippen LogP contribution in [0.1, 0.15) is 5.69 Å². The molecule has 98 valence electrons. The van der Waals surface area contributed by atoms with Crippen molar-refractivity contribution in [2.24, 2.45) is 0 Å². The van der Waals surface area contributed by atoms with Crippen LogP contribution >= 0.6 is 0 Å². The summed E-state index contributed by atoms with van der Waals surface area (Å²) in [5.74, 6) is 1.88. The largest absolute Gasteiger partial charge is 0.353 e. The van der Waals surface area contributed by atoms with Gasteiger partial charge in [0.05, 0.1) is 0 Å². The van der Waals surface area contributed by atoms with E-state index < -0.39 is 0 Å². The van der Waals surface area contributed by atoms with Gasteiger partial charge in [-0.1, -0.05) is 6.07 Å². The zero-order valence-electron chi connectivity index (χ0n) is 11.0. The number of pyridine rings is 1. The van der Waals surface area contributed by atoms with Crippen molar-refractivity contribution in [1.29, 1.82) is 0 Å². The molecule has 0 amide bonds. The van der Waals surface area contributed by atoms with Gasteiger partial charge in [0, 0.05) is 44.3 Å². The van der Waals surface area contributed by atoms with Crippen LogP contribution in [0.4, 0.5) is 11.8 Å². The summed E-state index contributed by atoms with van der Waals surface area (Å²) >= 11 is 0. The highest BCUT2D eigenvalue weighted by Gasteiger charge is 2.19. The molecule has 19 heavy (non-hydrogen) atoms. The Bertz CT molecular complexity index is 535. The molecule has 0 unspecified atom stereocenters. The molecule has 0 spiro atoms. The maximum Gasteiger partial charge on any atom is 0.225 e. The van der Waals surface area contributed by atoms with Crippen LogP contribution in [0.25, 0.3) is 0 Å². The van der Waals surface area contributed by atoms with E-state index in [1.54, 1.807) is 0 Å². The fourth-order valence-electron chi connectivity index (χ4n) is 2.26. The Kier molecular flexibility index (Phi) is 3.27. The van der Waals surface area contributed by atoms with Crippen LogP contribution in [0.5, 0.6) is 0 Å². The lowest BCUT2D eigenvalue weighted by Crippen LogP contribution is -2.47. The van der Waals surface area contributed by atoms with E-state index in [0.29, 0.717) is 0 Å². The molecule has 1 aliphatic rings. The monoisotopic (exact) mass is 255 g/mol. The maximum absolute atomic E-state index is 4.48. The second kappa shape index (κ2) is 5.22. The minimum Gasteiger partial charge on any atom is -0.353 e. The average molecular weight is 255 g/mol. The second-order valence-corrected chi connectivity index (χ2v) is 4.66. The molecule has 2 aromatic rings. The van der Waals surface area contributed by atoms with Crippen molar-refractivity contribution in [2.45, 2.75) is 6.92 Å². The van der Waals surface area contributed by atoms with E-state index >= 15 is 0 Å². The average Bonchev–Trinajstić information content (AvgIpc) is 2.48. The van der Waals surface area contributed by atoms with Gasteiger partial charge in [0.1, 0.15) is 5.82 Å². The van der Waals surface area contributed by atoms with Crippen LogP contribution < -0.4 is 9.80 Å². The minimum atomic E-state index is 0.834. The maximum atomic E-state index is 4.48. The summed E-state index contributed by atoms with van der Waals surface area (Å²) < 4.78 is 0. The summed E-state index contributed by atoms with van der Waals surface area (Å²) in [5, 5.41) is 0. The van der Waals surface area contributed by atoms with Crippen molar-refractivity contribution in [3.8, 4) is 0 Å². The molecule has 0 atom stereocenters. The Morgan fingerprint density at radius 3 is 2.37 bits per heavy atom. The standard InChI is InChI=1S/C14H17N5/c1-12-5-7-16-14(17-12)19-10-8-18(9-11-19)13-4-2-3-6-15-13/h2-7H,8-11H2,1H3. The van der Waals surface area contributed by atoms with Gasteiger partial charge in [-0.05, 0) is 25.1 Å². The van der Waals surface area contributed by atoms with Crippen LogP contribution in [0.2, 0.25) is 0 Å². The summed E-state index contributed by atoms with van der Waals surface area (Å²) in [5.41, 5.74) is 1.01. The van der Waals surface area contributed by atoms with Crippen molar-refractivity contribution in [3.05, 3.63) is 42.4 Å². The molecule has 0 aliphatic carbocycles. The molecular formula is C14H17N5. The summed E-state index contributed by atoms with van der Waals surface area (Å²) in [4.78, 5) is 17.7. The number of anilines is 2. The molecule has 3 heterocycles. The molecular weight excluding hydrogens is 238 g/mol. The van der Waals surface area contributed by atoms with Crippen LogP contribution in [0.3, 0.4) is 0 Å². The highest BCUT2D eigenvalue weighted by molar-refractivity contribution is 5.41. The molecule has 0 N–H and O–H groups in total. The first kappa shape index (κ1) is 11.9. The smallest absolute Gasteiger partial charge is 0.225 e. The highest BCUT2D eigenvalue weighted by atomic mass is 15.3. The first-order valence-electron chi connectivity index (χ1n) is 6.53. The number of hydrogen-bond donors (Lipinski definition) is 0. The van der Waals surface area contributed by atoms with Crippen LogP contribution in [-0.2, 0) is 0 Å². The topological polar surface area (TPSA) is 45.2 Å². The molecule has 1 saturated heterocycles. The molecule has 0 radical (unpaired) electrons. The predicted molar refractivity (Wildman–Crippen MR) is 75.4 cm³/mol. The zero-order valence-corrected chi connectivity index (χ0v) is 11.0. The lowest BCUT2D eigenvalue weighted by atomic mass is 10.3. The Morgan fingerprint density at radius 1 is 0.895 bits per heavy atom. The SMILES string of the molecule is Cc1ccnc(N2CCN(c3ccccn3)CC2)n1. The van der Waals surface area contributed by atoms with Crippen LogP contribution in [0, 0.1) is 6.92 Å². The number of nitrogens with zero attached hydrogens (tertiary/aromatic N) is 5. The van der Waals surface area contributed by atoms with Gasteiger partial charge in [-0.3, -0.25) is 0 Å². The van der Waals surface area contributed by atoms with E-state index in [2.05, 4.69) is 30.8 Å². The lowest BCUT2D eigenvalue weighted by Gasteiger charge is -2.35. The molecule has 0 aromatic carbocycles. The van der Waals surface area contributed by atoms with Crippen molar-refractivity contribution < 1.29 is 0 Å². The quantitative estimate of drug-likeness (QED) is 0.814. The first-order chi connectivity index (χ1) is 9.33. The van der Waals surface area contributed by atoms with Gasteiger partial charge in [-0.15, -0.1) is 0 Å². The molecule has 0 saturated carbocycles. The molecule has 5 heteroatoms. The number of aryl methyl sites for hydroxylation is 1. The fourth-order valence-corrected chi connectivity index (χ4v) is 2.26. The number of hydrogen-bond acceptors (Lipinski definition) is 5. The molecule has 5 nitrogen and oxygen atoms in total. The van der Waals surface area contributed by atoms with E-state index in [1.807, 2.05) is 37.5 Å². The summed E-state index contributed by atoms with van der Waals surface area (Å²) in [6, 6.07) is 7.95. The first-order valence-corrected chi connectivity index (χ1v) is 6.53. The van der Waals surface area contributed by atoms with Crippen molar-refractivity contribution in [1.82, 2.24) is 15.0 Å². The van der Waals surface area contributed by atoms with E-state index in [0.717, 1.165) is 43.6 Å². The van der Waals surface area contributed by atoms with Gasteiger partial charge >= 0.3 is 0 Å². The van der Waals surface area contributed by atoms with Gasteiger partial charge in [0.25, 0.3) is 0 Å². The van der Waals surface area contributed by atoms with Crippen molar-refractivity contribution in [3.63, 3.8) is 0 Å². The fraction of sp³-hybridized carbons (Fsp3) is 0.357. The van der Waals surface area contributed by atoms with E-state index in [-0.39, 0.29) is 0 Å². The summed E-state index contributed by atoms with van der Waals surface area (Å²) in [6.07, 6.45) is 3.66. The third-order valence-corrected chi connectivity index (χ3v) is 3.32. The summed E-state index contributed by atoms with van der Waals surface area (Å²) in [6.45, 7) is 5.76. The van der Waals surface area contributed by atoms with E-state index in [1.165, 1.54) is 0 Å². The lowest BCUT2D eigenvalue weighted by molar-refractivity contribution is 0.634. The summed E-state index contributed by atoms with van der Waals surface area (Å²) in [7, 11) is 0. The van der Waals surface area contributed by atoms with Gasteiger partial charge in [0.15, 0.2) is 0 Å².